The Morgan fingerprint density at radius 2 is 1.91 bits per heavy atom. The van der Waals surface area contributed by atoms with Crippen LogP contribution in [0.2, 0.25) is 0 Å². The first-order valence-electron chi connectivity index (χ1n) is 13.5. The first-order valence-corrected chi connectivity index (χ1v) is 13.5. The molecule has 0 spiro atoms. The van der Waals surface area contributed by atoms with Gasteiger partial charge in [0, 0.05) is 30.9 Å². The third kappa shape index (κ3) is 7.03. The van der Waals surface area contributed by atoms with Crippen molar-refractivity contribution in [2.45, 2.75) is 123 Å². The van der Waals surface area contributed by atoms with Gasteiger partial charge in [-0.25, -0.2) is 0 Å². The number of epoxide rings is 1. The molecular weight excluding hydrogens is 438 g/mol. The monoisotopic (exact) mass is 483 g/mol. The number of aromatic nitrogens is 1. The molecule has 1 aromatic rings. The minimum absolute atomic E-state index is 0.201. The van der Waals surface area contributed by atoms with E-state index < -0.39 is 5.41 Å². The third-order valence-electron chi connectivity index (χ3n) is 8.28. The number of rotatable bonds is 4. The Bertz CT molecular complexity index is 908. The maximum absolute atomic E-state index is 13.0. The van der Waals surface area contributed by atoms with E-state index in [9.17, 15) is 9.59 Å². The van der Waals surface area contributed by atoms with Gasteiger partial charge in [0.15, 0.2) is 0 Å². The molecule has 1 aromatic heterocycles. The lowest BCUT2D eigenvalue weighted by Gasteiger charge is -2.27. The molecule has 0 aliphatic carbocycles. The van der Waals surface area contributed by atoms with E-state index in [0.29, 0.717) is 25.2 Å². The number of hydrogen-bond acceptors (Lipinski definition) is 5. The lowest BCUT2D eigenvalue weighted by atomic mass is 9.79. The van der Waals surface area contributed by atoms with Gasteiger partial charge in [0.05, 0.1) is 11.3 Å². The predicted octanol–water partition coefficient (Wildman–Crippen LogP) is 7.09. The molecule has 5 nitrogen and oxygen atoms in total. The van der Waals surface area contributed by atoms with Crippen LogP contribution in [0.4, 0.5) is 0 Å². The second-order valence-corrected chi connectivity index (χ2v) is 11.7. The van der Waals surface area contributed by atoms with Gasteiger partial charge in [0.2, 0.25) is 0 Å². The van der Waals surface area contributed by atoms with E-state index in [1.807, 2.05) is 45.0 Å². The summed E-state index contributed by atoms with van der Waals surface area (Å²) in [5, 5.41) is 0. The average molecular weight is 484 g/mol. The maximum Gasteiger partial charge on any atom is 0.306 e. The third-order valence-corrected chi connectivity index (χ3v) is 8.28. The van der Waals surface area contributed by atoms with E-state index in [0.717, 1.165) is 49.8 Å². The first kappa shape index (κ1) is 27.6. The first-order chi connectivity index (χ1) is 16.5. The zero-order valence-electron chi connectivity index (χ0n) is 22.7. The molecule has 0 aromatic carbocycles. The van der Waals surface area contributed by atoms with Gasteiger partial charge < -0.3 is 9.47 Å². The largest absolute Gasteiger partial charge is 0.458 e. The number of pyridine rings is 1. The van der Waals surface area contributed by atoms with E-state index in [1.54, 1.807) is 6.20 Å². The predicted molar refractivity (Wildman–Crippen MR) is 140 cm³/mol. The number of ketones is 1. The van der Waals surface area contributed by atoms with Crippen molar-refractivity contribution in [2.24, 2.45) is 11.3 Å². The summed E-state index contributed by atoms with van der Waals surface area (Å²) in [6.07, 6.45) is 11.4. The number of nitrogens with zero attached hydrogens (tertiary/aromatic N) is 1. The van der Waals surface area contributed by atoms with E-state index >= 15 is 0 Å². The molecule has 5 heteroatoms. The van der Waals surface area contributed by atoms with Crippen LogP contribution in [0.5, 0.6) is 0 Å². The second kappa shape index (κ2) is 11.4. The molecule has 2 aliphatic heterocycles. The van der Waals surface area contributed by atoms with Crippen LogP contribution in [-0.4, -0.2) is 34.0 Å². The van der Waals surface area contributed by atoms with E-state index in [-0.39, 0.29) is 35.5 Å². The quantitative estimate of drug-likeness (QED) is 0.338. The van der Waals surface area contributed by atoms with Crippen LogP contribution < -0.4 is 0 Å². The van der Waals surface area contributed by atoms with Crippen LogP contribution in [0.25, 0.3) is 6.08 Å². The highest BCUT2D eigenvalue weighted by Gasteiger charge is 2.65. The van der Waals surface area contributed by atoms with Crippen molar-refractivity contribution >= 4 is 17.8 Å². The van der Waals surface area contributed by atoms with Gasteiger partial charge in [0.25, 0.3) is 0 Å². The number of Topliss-reactive ketones (excluding diaryl/α,β-unsaturated/α-hetero) is 1. The molecule has 0 saturated carbocycles. The summed E-state index contributed by atoms with van der Waals surface area (Å²) < 4.78 is 12.6. The summed E-state index contributed by atoms with van der Waals surface area (Å²) in [6, 6.07) is 5.80. The number of ether oxygens (including phenoxy) is 2. The zero-order chi connectivity index (χ0) is 25.7. The van der Waals surface area contributed by atoms with Crippen molar-refractivity contribution in [2.75, 3.05) is 0 Å². The molecule has 3 heterocycles. The number of esters is 1. The van der Waals surface area contributed by atoms with Crippen LogP contribution >= 0.6 is 0 Å². The minimum atomic E-state index is -0.522. The summed E-state index contributed by atoms with van der Waals surface area (Å²) >= 11 is 0. The Morgan fingerprint density at radius 3 is 2.60 bits per heavy atom. The lowest BCUT2D eigenvalue weighted by Crippen LogP contribution is -2.33. The van der Waals surface area contributed by atoms with Gasteiger partial charge in [-0.15, -0.1) is 0 Å². The Kier molecular flexibility index (Phi) is 8.96. The Hall–Kier alpha value is -2.01. The molecule has 3 rings (SSSR count). The SMILES string of the molecule is CCCC12CC(C(C)=Cc3ccccn3)OC(=O)CCC(C)(C)C(=O)CCC(C)CCCC1(C)O2. The lowest BCUT2D eigenvalue weighted by molar-refractivity contribution is -0.149. The summed E-state index contributed by atoms with van der Waals surface area (Å²) in [5.74, 6) is 0.498. The molecule has 2 fully saturated rings. The van der Waals surface area contributed by atoms with E-state index in [1.165, 1.54) is 0 Å². The smallest absolute Gasteiger partial charge is 0.306 e. The standard InChI is InChI=1S/C30H45NO4/c1-7-16-30-21-25(23(3)20-24-12-8-9-19-31-24)34-27(33)15-18-28(4,5)26(32)14-13-22(2)11-10-17-29(30,6)35-30/h8-9,12,19-20,22,25H,7,10-11,13-18,21H2,1-6H3. The van der Waals surface area contributed by atoms with Crippen LogP contribution in [0.15, 0.2) is 30.0 Å². The highest BCUT2D eigenvalue weighted by Crippen LogP contribution is 2.57. The van der Waals surface area contributed by atoms with Crippen LogP contribution in [-0.2, 0) is 19.1 Å². The zero-order valence-corrected chi connectivity index (χ0v) is 22.7. The molecule has 0 N–H and O–H groups in total. The number of carbonyl (C=O) groups excluding carboxylic acids is 2. The summed E-state index contributed by atoms with van der Waals surface area (Å²) in [5.41, 5.74) is 0.814. The number of carbonyl (C=O) groups is 2. The van der Waals surface area contributed by atoms with E-state index in [4.69, 9.17) is 9.47 Å². The number of fused-ring (bicyclic) bond motifs is 1. The van der Waals surface area contributed by atoms with Gasteiger partial charge in [-0.2, -0.15) is 0 Å². The van der Waals surface area contributed by atoms with Crippen molar-refractivity contribution in [1.29, 1.82) is 0 Å². The molecule has 194 valence electrons. The average Bonchev–Trinajstić information content (AvgIpc) is 3.38. The fraction of sp³-hybridized carbons (Fsp3) is 0.700. The van der Waals surface area contributed by atoms with Gasteiger partial charge in [-0.3, -0.25) is 14.6 Å². The van der Waals surface area contributed by atoms with Crippen molar-refractivity contribution < 1.29 is 19.1 Å². The maximum atomic E-state index is 13.0. The topological polar surface area (TPSA) is 68.8 Å². The summed E-state index contributed by atoms with van der Waals surface area (Å²) in [6.45, 7) is 12.6. The van der Waals surface area contributed by atoms with Gasteiger partial charge in [-0.1, -0.05) is 53.0 Å². The Labute approximate surface area is 212 Å². The van der Waals surface area contributed by atoms with E-state index in [2.05, 4.69) is 25.8 Å². The minimum Gasteiger partial charge on any atom is -0.458 e. The van der Waals surface area contributed by atoms with Gasteiger partial charge >= 0.3 is 5.97 Å². The summed E-state index contributed by atoms with van der Waals surface area (Å²) in [7, 11) is 0. The Morgan fingerprint density at radius 1 is 1.14 bits per heavy atom. The molecular formula is C30H45NO4. The van der Waals surface area contributed by atoms with Crippen LogP contribution in [0.1, 0.15) is 111 Å². The number of cyclic esters (lactones) is 1. The molecule has 2 saturated heterocycles. The van der Waals surface area contributed by atoms with Crippen molar-refractivity contribution in [3.05, 3.63) is 35.7 Å². The highest BCUT2D eigenvalue weighted by molar-refractivity contribution is 5.84. The van der Waals surface area contributed by atoms with Crippen molar-refractivity contribution in [3.8, 4) is 0 Å². The summed E-state index contributed by atoms with van der Waals surface area (Å²) in [4.78, 5) is 30.4. The molecule has 4 unspecified atom stereocenters. The normalized spacial score (nSPS) is 33.0. The number of hydrogen-bond donors (Lipinski definition) is 0. The molecule has 4 atom stereocenters. The fourth-order valence-corrected chi connectivity index (χ4v) is 5.57. The van der Waals surface area contributed by atoms with Crippen LogP contribution in [0, 0.1) is 11.3 Å². The van der Waals surface area contributed by atoms with Crippen molar-refractivity contribution in [1.82, 2.24) is 4.98 Å². The molecule has 0 radical (unpaired) electrons. The highest BCUT2D eigenvalue weighted by atomic mass is 16.6. The van der Waals surface area contributed by atoms with Gasteiger partial charge in [-0.05, 0) is 69.2 Å². The molecule has 35 heavy (non-hydrogen) atoms. The van der Waals surface area contributed by atoms with Gasteiger partial charge in [0.1, 0.15) is 17.5 Å². The molecule has 0 bridgehead atoms. The molecule has 0 amide bonds. The Balaban J connectivity index is 1.88. The second-order valence-electron chi connectivity index (χ2n) is 11.7. The molecule has 2 aliphatic rings. The van der Waals surface area contributed by atoms with Crippen LogP contribution in [0.3, 0.4) is 0 Å². The fourth-order valence-electron chi connectivity index (χ4n) is 5.57. The van der Waals surface area contributed by atoms with Crippen molar-refractivity contribution in [3.63, 3.8) is 0 Å².